The number of piperidine rings is 2. The number of aromatic nitrogens is 1. The highest BCUT2D eigenvalue weighted by atomic mass is 16.5. The Morgan fingerprint density at radius 3 is 2.88 bits per heavy atom. The fourth-order valence-electron chi connectivity index (χ4n) is 5.37. The van der Waals surface area contributed by atoms with Crippen LogP contribution >= 0.6 is 0 Å². The average molecular weight is 442 g/mol. The molecule has 3 aliphatic heterocycles. The summed E-state index contributed by atoms with van der Waals surface area (Å²) in [5.41, 5.74) is 0.445. The van der Waals surface area contributed by atoms with E-state index in [1.807, 2.05) is 6.07 Å². The van der Waals surface area contributed by atoms with Crippen LogP contribution in [0.1, 0.15) is 55.9 Å². The van der Waals surface area contributed by atoms with Gasteiger partial charge in [-0.1, -0.05) is 6.92 Å². The maximum Gasteiger partial charge on any atom is 0.270 e. The summed E-state index contributed by atoms with van der Waals surface area (Å²) in [5, 5.41) is 9.91. The Bertz CT molecular complexity index is 827. The molecule has 4 fully saturated rings. The predicted molar refractivity (Wildman–Crippen MR) is 120 cm³/mol. The minimum Gasteiger partial charge on any atom is -0.487 e. The molecule has 1 aromatic rings. The van der Waals surface area contributed by atoms with Gasteiger partial charge < -0.3 is 20.7 Å². The van der Waals surface area contributed by atoms with E-state index in [9.17, 15) is 9.59 Å². The number of hydrogen-bond acceptors (Lipinski definition) is 6. The topological polar surface area (TPSA) is 95.6 Å². The van der Waals surface area contributed by atoms with E-state index >= 15 is 0 Å². The van der Waals surface area contributed by atoms with Crippen LogP contribution in [0.3, 0.4) is 0 Å². The molecule has 8 nitrogen and oxygen atoms in total. The third-order valence-electron chi connectivity index (χ3n) is 7.40. The van der Waals surface area contributed by atoms with Crippen molar-refractivity contribution in [3.8, 4) is 5.75 Å². The second-order valence-electron chi connectivity index (χ2n) is 9.99. The maximum absolute atomic E-state index is 12.3. The van der Waals surface area contributed by atoms with Crippen LogP contribution < -0.4 is 20.7 Å². The Balaban J connectivity index is 1.07. The average Bonchev–Trinajstić information content (AvgIpc) is 3.51. The van der Waals surface area contributed by atoms with Crippen LogP contribution in [0.4, 0.5) is 0 Å². The van der Waals surface area contributed by atoms with Crippen LogP contribution in [0, 0.1) is 11.8 Å². The molecule has 1 aromatic heterocycles. The van der Waals surface area contributed by atoms with Gasteiger partial charge in [0.05, 0.1) is 6.20 Å². The molecule has 4 unspecified atom stereocenters. The highest BCUT2D eigenvalue weighted by molar-refractivity contribution is 5.92. The second-order valence-corrected chi connectivity index (χ2v) is 9.99. The number of carbonyl (C=O) groups is 2. The van der Waals surface area contributed by atoms with E-state index < -0.39 is 0 Å². The number of nitrogens with one attached hydrogen (secondary N) is 3. The zero-order valence-electron chi connectivity index (χ0n) is 18.9. The van der Waals surface area contributed by atoms with E-state index in [0.717, 1.165) is 70.5 Å². The number of carbonyl (C=O) groups excluding carboxylic acids is 2. The highest BCUT2D eigenvalue weighted by Crippen LogP contribution is 2.28. The van der Waals surface area contributed by atoms with Crippen molar-refractivity contribution in [3.05, 3.63) is 24.0 Å². The molecule has 4 heterocycles. The van der Waals surface area contributed by atoms with Crippen LogP contribution in [0.5, 0.6) is 5.75 Å². The van der Waals surface area contributed by atoms with Gasteiger partial charge in [0.1, 0.15) is 17.5 Å². The van der Waals surface area contributed by atoms with Crippen molar-refractivity contribution in [2.75, 3.05) is 26.2 Å². The number of ether oxygens (including phenoxy) is 1. The highest BCUT2D eigenvalue weighted by Gasteiger charge is 2.39. The molecule has 1 saturated carbocycles. The smallest absolute Gasteiger partial charge is 0.270 e. The Labute approximate surface area is 189 Å². The third kappa shape index (κ3) is 5.07. The monoisotopic (exact) mass is 441 g/mol. The Morgan fingerprint density at radius 1 is 1.25 bits per heavy atom. The van der Waals surface area contributed by atoms with Crippen LogP contribution in [0.25, 0.3) is 0 Å². The van der Waals surface area contributed by atoms with Gasteiger partial charge in [-0.05, 0) is 63.1 Å². The lowest BCUT2D eigenvalue weighted by Gasteiger charge is -2.43. The number of fused-ring (bicyclic) bond motifs is 1. The van der Waals surface area contributed by atoms with Gasteiger partial charge in [-0.25, -0.2) is 4.98 Å². The van der Waals surface area contributed by atoms with E-state index in [1.165, 1.54) is 0 Å². The van der Waals surface area contributed by atoms with Gasteiger partial charge >= 0.3 is 0 Å². The van der Waals surface area contributed by atoms with Crippen molar-refractivity contribution in [1.82, 2.24) is 25.8 Å². The molecule has 0 spiro atoms. The summed E-state index contributed by atoms with van der Waals surface area (Å²) in [6, 6.07) is 4.60. The van der Waals surface area contributed by atoms with E-state index in [4.69, 9.17) is 4.74 Å². The summed E-state index contributed by atoms with van der Waals surface area (Å²) in [6.07, 6.45) is 7.86. The van der Waals surface area contributed by atoms with Crippen molar-refractivity contribution in [2.24, 2.45) is 11.8 Å². The van der Waals surface area contributed by atoms with E-state index in [1.54, 1.807) is 12.3 Å². The quantitative estimate of drug-likeness (QED) is 0.591. The van der Waals surface area contributed by atoms with E-state index in [0.29, 0.717) is 23.7 Å². The number of rotatable bonds is 7. The third-order valence-corrected chi connectivity index (χ3v) is 7.40. The number of hydrogen-bond donors (Lipinski definition) is 3. The van der Waals surface area contributed by atoms with Gasteiger partial charge in [0.25, 0.3) is 5.91 Å². The second kappa shape index (κ2) is 9.35. The Hall–Kier alpha value is -2.19. The first-order chi connectivity index (χ1) is 15.6. The fraction of sp³-hybridized carbons (Fsp3) is 0.708. The van der Waals surface area contributed by atoms with Gasteiger partial charge in [-0.2, -0.15) is 0 Å². The number of likely N-dealkylation sites (tertiary alicyclic amines) is 1. The summed E-state index contributed by atoms with van der Waals surface area (Å²) in [6.45, 7) is 6.07. The van der Waals surface area contributed by atoms with Crippen molar-refractivity contribution < 1.29 is 14.3 Å². The summed E-state index contributed by atoms with van der Waals surface area (Å²) in [4.78, 5) is 31.1. The first kappa shape index (κ1) is 21.6. The van der Waals surface area contributed by atoms with Crippen LogP contribution in [0.2, 0.25) is 0 Å². The minimum atomic E-state index is -0.103. The van der Waals surface area contributed by atoms with E-state index in [-0.39, 0.29) is 29.9 Å². The lowest BCUT2D eigenvalue weighted by atomic mass is 9.81. The Morgan fingerprint density at radius 2 is 2.12 bits per heavy atom. The number of amides is 2. The van der Waals surface area contributed by atoms with Crippen LogP contribution in [-0.4, -0.2) is 72.1 Å². The molecule has 5 atom stereocenters. The molecule has 0 radical (unpaired) electrons. The van der Waals surface area contributed by atoms with Gasteiger partial charge in [-0.3, -0.25) is 14.5 Å². The minimum absolute atomic E-state index is 0.103. The van der Waals surface area contributed by atoms with Gasteiger partial charge in [0.15, 0.2) is 0 Å². The summed E-state index contributed by atoms with van der Waals surface area (Å²) in [5.74, 6) is 1.55. The fourth-order valence-corrected chi connectivity index (χ4v) is 5.37. The number of pyridine rings is 1. The lowest BCUT2D eigenvalue weighted by Crippen LogP contribution is -2.62. The molecule has 1 aliphatic carbocycles. The SMILES string of the molecule is CCC1CC2NCC(CN3CC[C@@H](Oc4ccc(C(=O)NC5CC5)nc4)C3)CC2NC1=O. The van der Waals surface area contributed by atoms with Crippen LogP contribution in [0.15, 0.2) is 18.3 Å². The summed E-state index contributed by atoms with van der Waals surface area (Å²) >= 11 is 0. The maximum atomic E-state index is 12.3. The first-order valence-electron chi connectivity index (χ1n) is 12.3. The molecule has 3 saturated heterocycles. The lowest BCUT2D eigenvalue weighted by molar-refractivity contribution is -0.129. The standard InChI is InChI=1S/C24H35N5O3/c1-2-16-10-21-22(28-23(16)30)9-15(11-25-21)13-29-8-7-19(14-29)32-18-5-6-20(26-12-18)24(31)27-17-3-4-17/h5-6,12,15-17,19,21-22,25H,2-4,7-11,13-14H2,1H3,(H,27,31)(H,28,30)/t15?,16?,19-,21?,22?/m1/s1. The molecule has 32 heavy (non-hydrogen) atoms. The molecule has 2 amide bonds. The molecular formula is C24H35N5O3. The van der Waals surface area contributed by atoms with Crippen molar-refractivity contribution in [3.63, 3.8) is 0 Å². The first-order valence-corrected chi connectivity index (χ1v) is 12.3. The van der Waals surface area contributed by atoms with Gasteiger partial charge in [-0.15, -0.1) is 0 Å². The molecule has 0 aromatic carbocycles. The van der Waals surface area contributed by atoms with Crippen molar-refractivity contribution >= 4 is 11.8 Å². The largest absolute Gasteiger partial charge is 0.487 e. The molecule has 0 bridgehead atoms. The van der Waals surface area contributed by atoms with Crippen molar-refractivity contribution in [2.45, 2.75) is 69.7 Å². The Kier molecular flexibility index (Phi) is 6.33. The number of nitrogens with zero attached hydrogens (tertiary/aromatic N) is 2. The molecule has 174 valence electrons. The zero-order chi connectivity index (χ0) is 22.1. The van der Waals surface area contributed by atoms with E-state index in [2.05, 4.69) is 32.8 Å². The molecule has 5 rings (SSSR count). The molecule has 8 heteroatoms. The summed E-state index contributed by atoms with van der Waals surface area (Å²) < 4.78 is 6.14. The van der Waals surface area contributed by atoms with Gasteiger partial charge in [0.2, 0.25) is 5.91 Å². The predicted octanol–water partition coefficient (Wildman–Crippen LogP) is 1.32. The molecule has 4 aliphatic rings. The molecular weight excluding hydrogens is 406 g/mol. The van der Waals surface area contributed by atoms with Crippen molar-refractivity contribution in [1.29, 1.82) is 0 Å². The van der Waals surface area contributed by atoms with Gasteiger partial charge in [0, 0.05) is 43.7 Å². The normalized spacial score (nSPS) is 32.8. The zero-order valence-corrected chi connectivity index (χ0v) is 18.9. The summed E-state index contributed by atoms with van der Waals surface area (Å²) in [7, 11) is 0. The van der Waals surface area contributed by atoms with Crippen LogP contribution in [-0.2, 0) is 4.79 Å². The molecule has 3 N–H and O–H groups in total.